The number of nitrogens with zero attached hydrogens (tertiary/aromatic N) is 1. The third-order valence-electron chi connectivity index (χ3n) is 1.69. The molecule has 1 atom stereocenters. The monoisotopic (exact) mass is 158 g/mol. The molecule has 11 heavy (non-hydrogen) atoms. The van der Waals surface area contributed by atoms with Crippen molar-refractivity contribution in [2.24, 2.45) is 0 Å². The molecular weight excluding hydrogens is 144 g/mol. The number of nitrogens with one attached hydrogen (secondary N) is 1. The van der Waals surface area contributed by atoms with E-state index in [9.17, 15) is 4.79 Å². The molecule has 0 amide bonds. The summed E-state index contributed by atoms with van der Waals surface area (Å²) in [6.07, 6.45) is 0. The van der Waals surface area contributed by atoms with Gasteiger partial charge in [0.2, 0.25) is 0 Å². The number of piperazine rings is 1. The first-order valence-corrected chi connectivity index (χ1v) is 3.86. The largest absolute Gasteiger partial charge is 0.368 e. The summed E-state index contributed by atoms with van der Waals surface area (Å²) >= 11 is 0. The van der Waals surface area contributed by atoms with Crippen molar-refractivity contribution < 1.29 is 9.63 Å². The van der Waals surface area contributed by atoms with Gasteiger partial charge in [-0.1, -0.05) is 0 Å². The molecule has 0 bridgehead atoms. The van der Waals surface area contributed by atoms with E-state index in [-0.39, 0.29) is 12.0 Å². The topological polar surface area (TPSA) is 41.6 Å². The highest BCUT2D eigenvalue weighted by Gasteiger charge is 2.19. The summed E-state index contributed by atoms with van der Waals surface area (Å²) in [6, 6.07) is 0.285. The van der Waals surface area contributed by atoms with Gasteiger partial charge in [0, 0.05) is 26.6 Å². The third kappa shape index (κ3) is 2.48. The van der Waals surface area contributed by atoms with Crippen LogP contribution < -0.4 is 5.32 Å². The lowest BCUT2D eigenvalue weighted by Gasteiger charge is -2.31. The van der Waals surface area contributed by atoms with Gasteiger partial charge in [-0.05, 0) is 6.92 Å². The van der Waals surface area contributed by atoms with Crippen LogP contribution in [0, 0.1) is 0 Å². The molecule has 1 N–H and O–H groups in total. The Balaban J connectivity index is 2.35. The van der Waals surface area contributed by atoms with Gasteiger partial charge < -0.3 is 10.2 Å². The van der Waals surface area contributed by atoms with Gasteiger partial charge in [0.25, 0.3) is 0 Å². The van der Waals surface area contributed by atoms with E-state index in [0.717, 1.165) is 19.6 Å². The van der Waals surface area contributed by atoms with Crippen molar-refractivity contribution in [1.82, 2.24) is 10.4 Å². The molecule has 0 aromatic carbocycles. The molecule has 0 saturated carbocycles. The molecule has 0 radical (unpaired) electrons. The molecule has 0 aromatic heterocycles. The van der Waals surface area contributed by atoms with Crippen molar-refractivity contribution >= 4 is 5.97 Å². The minimum atomic E-state index is -0.237. The van der Waals surface area contributed by atoms with Gasteiger partial charge in [-0.25, -0.2) is 0 Å². The number of hydrogen-bond donors (Lipinski definition) is 1. The lowest BCUT2D eigenvalue weighted by atomic mass is 10.3. The zero-order valence-corrected chi connectivity index (χ0v) is 6.96. The summed E-state index contributed by atoms with van der Waals surface area (Å²) in [5.41, 5.74) is 0. The van der Waals surface area contributed by atoms with Gasteiger partial charge in [-0.3, -0.25) is 4.79 Å². The third-order valence-corrected chi connectivity index (χ3v) is 1.69. The smallest absolute Gasteiger partial charge is 0.322 e. The van der Waals surface area contributed by atoms with Crippen LogP contribution in [-0.2, 0) is 9.63 Å². The van der Waals surface area contributed by atoms with E-state index in [1.165, 1.54) is 6.92 Å². The Kier molecular flexibility index (Phi) is 2.84. The minimum Gasteiger partial charge on any atom is -0.368 e. The molecular formula is C7H14N2O2. The molecule has 0 spiro atoms. The van der Waals surface area contributed by atoms with Gasteiger partial charge in [-0.15, -0.1) is 5.06 Å². The predicted molar refractivity (Wildman–Crippen MR) is 40.8 cm³/mol. The van der Waals surface area contributed by atoms with E-state index in [2.05, 4.69) is 5.32 Å². The van der Waals surface area contributed by atoms with Crippen molar-refractivity contribution in [2.45, 2.75) is 19.9 Å². The number of carbonyl (C=O) groups excluding carboxylic acids is 1. The van der Waals surface area contributed by atoms with E-state index in [1.54, 1.807) is 5.06 Å². The van der Waals surface area contributed by atoms with Crippen molar-refractivity contribution in [2.75, 3.05) is 19.6 Å². The summed E-state index contributed by atoms with van der Waals surface area (Å²) < 4.78 is 0. The second kappa shape index (κ2) is 3.69. The van der Waals surface area contributed by atoms with E-state index in [1.807, 2.05) is 6.92 Å². The van der Waals surface area contributed by atoms with Crippen molar-refractivity contribution in [3.8, 4) is 0 Å². The zero-order chi connectivity index (χ0) is 8.27. The molecule has 64 valence electrons. The number of hydroxylamine groups is 2. The van der Waals surface area contributed by atoms with Crippen LogP contribution in [0.3, 0.4) is 0 Å². The fourth-order valence-corrected chi connectivity index (χ4v) is 1.12. The maximum atomic E-state index is 10.6. The Morgan fingerprint density at radius 1 is 1.73 bits per heavy atom. The normalized spacial score (nSPS) is 26.5. The molecule has 4 heteroatoms. The fourth-order valence-electron chi connectivity index (χ4n) is 1.12. The molecule has 0 aliphatic carbocycles. The Morgan fingerprint density at radius 2 is 2.45 bits per heavy atom. The van der Waals surface area contributed by atoms with Gasteiger partial charge in [-0.2, -0.15) is 0 Å². The highest BCUT2D eigenvalue weighted by atomic mass is 16.7. The first-order chi connectivity index (χ1) is 5.20. The molecule has 1 aliphatic heterocycles. The van der Waals surface area contributed by atoms with E-state index in [4.69, 9.17) is 4.84 Å². The summed E-state index contributed by atoms with van der Waals surface area (Å²) in [6.45, 7) is 6.00. The number of carbonyl (C=O) groups is 1. The molecule has 0 unspecified atom stereocenters. The van der Waals surface area contributed by atoms with Crippen LogP contribution in [0.1, 0.15) is 13.8 Å². The molecule has 1 rings (SSSR count). The van der Waals surface area contributed by atoms with Crippen LogP contribution in [0.25, 0.3) is 0 Å². The van der Waals surface area contributed by atoms with E-state index >= 15 is 0 Å². The number of rotatable bonds is 1. The fraction of sp³-hybridized carbons (Fsp3) is 0.857. The molecule has 1 fully saturated rings. The Hall–Kier alpha value is -0.610. The maximum Gasteiger partial charge on any atom is 0.322 e. The molecule has 1 heterocycles. The highest BCUT2D eigenvalue weighted by Crippen LogP contribution is 2.02. The second-order valence-electron chi connectivity index (χ2n) is 2.78. The Morgan fingerprint density at radius 3 is 3.00 bits per heavy atom. The standard InChI is InChI=1S/C7H14N2O2/c1-6-5-8-3-4-9(6)11-7(2)10/h6,8H,3-5H2,1-2H3/t6-/m0/s1. The zero-order valence-electron chi connectivity index (χ0n) is 6.96. The van der Waals surface area contributed by atoms with Crippen LogP contribution in [0.2, 0.25) is 0 Å². The predicted octanol–water partition coefficient (Wildman–Crippen LogP) is -0.242. The first kappa shape index (κ1) is 8.49. The van der Waals surface area contributed by atoms with E-state index < -0.39 is 0 Å². The lowest BCUT2D eigenvalue weighted by molar-refractivity contribution is -0.201. The van der Waals surface area contributed by atoms with Gasteiger partial charge in [0.05, 0.1) is 6.04 Å². The van der Waals surface area contributed by atoms with Crippen LogP contribution in [0.15, 0.2) is 0 Å². The van der Waals surface area contributed by atoms with Gasteiger partial charge in [0.1, 0.15) is 0 Å². The first-order valence-electron chi connectivity index (χ1n) is 3.86. The summed E-state index contributed by atoms with van der Waals surface area (Å²) in [5.74, 6) is -0.237. The quantitative estimate of drug-likeness (QED) is 0.572. The maximum absolute atomic E-state index is 10.6. The van der Waals surface area contributed by atoms with Crippen LogP contribution in [-0.4, -0.2) is 36.7 Å². The van der Waals surface area contributed by atoms with Gasteiger partial charge >= 0.3 is 5.97 Å². The summed E-state index contributed by atoms with van der Waals surface area (Å²) in [5, 5.41) is 4.93. The van der Waals surface area contributed by atoms with Crippen LogP contribution in [0.5, 0.6) is 0 Å². The minimum absolute atomic E-state index is 0.237. The molecule has 1 saturated heterocycles. The van der Waals surface area contributed by atoms with Crippen molar-refractivity contribution in [3.63, 3.8) is 0 Å². The SMILES string of the molecule is CC(=O)ON1CCNC[C@@H]1C. The van der Waals surface area contributed by atoms with Crippen molar-refractivity contribution in [1.29, 1.82) is 0 Å². The highest BCUT2D eigenvalue weighted by molar-refractivity contribution is 5.65. The molecule has 1 aliphatic rings. The number of hydrogen-bond acceptors (Lipinski definition) is 4. The molecule has 0 aromatic rings. The molecule has 4 nitrogen and oxygen atoms in total. The Labute approximate surface area is 66.5 Å². The Bertz CT molecular complexity index is 149. The average Bonchev–Trinajstić information content (AvgIpc) is 1.93. The average molecular weight is 158 g/mol. The van der Waals surface area contributed by atoms with E-state index in [0.29, 0.717) is 0 Å². The van der Waals surface area contributed by atoms with Crippen LogP contribution in [0.4, 0.5) is 0 Å². The summed E-state index contributed by atoms with van der Waals surface area (Å²) in [7, 11) is 0. The second-order valence-corrected chi connectivity index (χ2v) is 2.78. The van der Waals surface area contributed by atoms with Crippen LogP contribution >= 0.6 is 0 Å². The van der Waals surface area contributed by atoms with Gasteiger partial charge in [0.15, 0.2) is 0 Å². The lowest BCUT2D eigenvalue weighted by Crippen LogP contribution is -2.50. The summed E-state index contributed by atoms with van der Waals surface area (Å²) in [4.78, 5) is 15.5. The van der Waals surface area contributed by atoms with Crippen molar-refractivity contribution in [3.05, 3.63) is 0 Å².